The van der Waals surface area contributed by atoms with Crippen LogP contribution in [0.25, 0.3) is 0 Å². The van der Waals surface area contributed by atoms with E-state index in [1.54, 1.807) is 18.9 Å². The first-order valence-electron chi connectivity index (χ1n) is 10.5. The van der Waals surface area contributed by atoms with Crippen molar-refractivity contribution in [3.8, 4) is 5.75 Å². The third kappa shape index (κ3) is 4.04. The summed E-state index contributed by atoms with van der Waals surface area (Å²) in [5.74, 6) is 1.24. The van der Waals surface area contributed by atoms with E-state index in [-0.39, 0.29) is 5.41 Å². The van der Waals surface area contributed by atoms with Crippen molar-refractivity contribution < 1.29 is 4.74 Å². The summed E-state index contributed by atoms with van der Waals surface area (Å²) >= 11 is 1.75. The standard InChI is InChI=1S/C27H29NOS/c1-27(2)15-14-22(19-10-6-5-7-11-19)23-16-21(29-3)17-24(26(23)27)28-18-20-12-8-9-13-25(20)30-4/h5-13,16-18,22H,14-15H2,1-4H3. The van der Waals surface area contributed by atoms with Crippen LogP contribution in [-0.4, -0.2) is 19.6 Å². The minimum Gasteiger partial charge on any atom is -0.497 e. The molecule has 3 aromatic rings. The number of methoxy groups -OCH3 is 1. The number of nitrogens with zero attached hydrogens (tertiary/aromatic N) is 1. The Bertz CT molecular complexity index is 1060. The fourth-order valence-corrected chi connectivity index (χ4v) is 5.15. The van der Waals surface area contributed by atoms with E-state index in [0.29, 0.717) is 5.92 Å². The number of thioether (sulfide) groups is 1. The van der Waals surface area contributed by atoms with E-state index in [2.05, 4.69) is 86.8 Å². The second-order valence-corrected chi connectivity index (χ2v) is 9.34. The van der Waals surface area contributed by atoms with E-state index in [1.807, 2.05) is 6.21 Å². The Morgan fingerprint density at radius 3 is 2.50 bits per heavy atom. The minimum atomic E-state index is 0.0680. The van der Waals surface area contributed by atoms with Crippen LogP contribution in [0.15, 0.2) is 76.6 Å². The molecule has 0 aliphatic heterocycles. The normalized spacial score (nSPS) is 17.7. The predicted octanol–water partition coefficient (Wildman–Crippen LogP) is 7.37. The van der Waals surface area contributed by atoms with Gasteiger partial charge in [0.2, 0.25) is 0 Å². The second kappa shape index (κ2) is 8.69. The van der Waals surface area contributed by atoms with Crippen molar-refractivity contribution in [2.45, 2.75) is 42.9 Å². The van der Waals surface area contributed by atoms with E-state index in [9.17, 15) is 0 Å². The summed E-state index contributed by atoms with van der Waals surface area (Å²) in [6, 6.07) is 23.6. The van der Waals surface area contributed by atoms with Gasteiger partial charge in [0.05, 0.1) is 12.8 Å². The molecule has 1 aliphatic carbocycles. The monoisotopic (exact) mass is 415 g/mol. The van der Waals surface area contributed by atoms with Crippen LogP contribution >= 0.6 is 11.8 Å². The van der Waals surface area contributed by atoms with Gasteiger partial charge in [0.25, 0.3) is 0 Å². The molecular weight excluding hydrogens is 386 g/mol. The molecule has 0 N–H and O–H groups in total. The molecule has 0 saturated carbocycles. The average molecular weight is 416 g/mol. The maximum absolute atomic E-state index is 5.69. The molecule has 1 unspecified atom stereocenters. The van der Waals surface area contributed by atoms with Crippen molar-refractivity contribution >= 4 is 23.7 Å². The highest BCUT2D eigenvalue weighted by molar-refractivity contribution is 7.98. The molecule has 1 aliphatic rings. The van der Waals surface area contributed by atoms with Gasteiger partial charge >= 0.3 is 0 Å². The first-order valence-corrected chi connectivity index (χ1v) is 11.7. The molecule has 4 rings (SSSR count). The molecule has 3 aromatic carbocycles. The van der Waals surface area contributed by atoms with Gasteiger partial charge in [-0.2, -0.15) is 0 Å². The number of benzene rings is 3. The number of hydrogen-bond donors (Lipinski definition) is 0. The van der Waals surface area contributed by atoms with Crippen molar-refractivity contribution in [2.75, 3.05) is 13.4 Å². The molecule has 0 spiro atoms. The van der Waals surface area contributed by atoms with Crippen molar-refractivity contribution in [2.24, 2.45) is 4.99 Å². The van der Waals surface area contributed by atoms with Crippen LogP contribution in [0.3, 0.4) is 0 Å². The Hall–Kier alpha value is -2.52. The molecule has 154 valence electrons. The lowest BCUT2D eigenvalue weighted by atomic mass is 9.66. The molecule has 0 heterocycles. The van der Waals surface area contributed by atoms with Crippen LogP contribution in [0.1, 0.15) is 54.9 Å². The van der Waals surface area contributed by atoms with Crippen LogP contribution < -0.4 is 4.74 Å². The van der Waals surface area contributed by atoms with Gasteiger partial charge in [0.15, 0.2) is 0 Å². The molecule has 30 heavy (non-hydrogen) atoms. The SMILES string of the molecule is COc1cc(N=Cc2ccccc2SC)c2c(c1)C(c1ccccc1)CCC2(C)C. The number of hydrogen-bond acceptors (Lipinski definition) is 3. The van der Waals surface area contributed by atoms with Crippen molar-refractivity contribution in [1.29, 1.82) is 0 Å². The summed E-state index contributed by atoms with van der Waals surface area (Å²) in [5.41, 5.74) is 6.30. The lowest BCUT2D eigenvalue weighted by Gasteiger charge is -2.38. The quantitative estimate of drug-likeness (QED) is 0.320. The van der Waals surface area contributed by atoms with Crippen LogP contribution in [0.5, 0.6) is 5.75 Å². The Morgan fingerprint density at radius 2 is 1.77 bits per heavy atom. The zero-order chi connectivity index (χ0) is 21.1. The Morgan fingerprint density at radius 1 is 1.03 bits per heavy atom. The summed E-state index contributed by atoms with van der Waals surface area (Å²) in [4.78, 5) is 6.25. The number of rotatable bonds is 5. The zero-order valence-corrected chi connectivity index (χ0v) is 19.0. The molecular formula is C27H29NOS. The van der Waals surface area contributed by atoms with Gasteiger partial charge in [0, 0.05) is 28.7 Å². The molecule has 1 atom stereocenters. The smallest absolute Gasteiger partial charge is 0.121 e. The highest BCUT2D eigenvalue weighted by atomic mass is 32.2. The average Bonchev–Trinajstić information content (AvgIpc) is 2.77. The van der Waals surface area contributed by atoms with Crippen LogP contribution in [-0.2, 0) is 5.41 Å². The predicted molar refractivity (Wildman–Crippen MR) is 129 cm³/mol. The van der Waals surface area contributed by atoms with Crippen molar-refractivity contribution in [1.82, 2.24) is 0 Å². The minimum absolute atomic E-state index is 0.0680. The maximum atomic E-state index is 5.69. The summed E-state index contributed by atoms with van der Waals surface area (Å²) < 4.78 is 5.69. The van der Waals surface area contributed by atoms with Gasteiger partial charge in [-0.3, -0.25) is 4.99 Å². The maximum Gasteiger partial charge on any atom is 0.121 e. The summed E-state index contributed by atoms with van der Waals surface area (Å²) in [5, 5.41) is 0. The van der Waals surface area contributed by atoms with E-state index in [4.69, 9.17) is 9.73 Å². The molecule has 0 radical (unpaired) electrons. The Balaban J connectivity index is 1.87. The third-order valence-electron chi connectivity index (χ3n) is 6.15. The van der Waals surface area contributed by atoms with E-state index >= 15 is 0 Å². The Kier molecular flexibility index (Phi) is 6.01. The summed E-state index contributed by atoms with van der Waals surface area (Å²) in [6.07, 6.45) is 6.38. The fraction of sp³-hybridized carbons (Fsp3) is 0.296. The van der Waals surface area contributed by atoms with Crippen LogP contribution in [0.4, 0.5) is 5.69 Å². The van der Waals surface area contributed by atoms with Gasteiger partial charge in [-0.15, -0.1) is 11.8 Å². The molecule has 0 saturated heterocycles. The second-order valence-electron chi connectivity index (χ2n) is 8.50. The lowest BCUT2D eigenvalue weighted by Crippen LogP contribution is -2.27. The van der Waals surface area contributed by atoms with E-state index in [0.717, 1.165) is 29.8 Å². The van der Waals surface area contributed by atoms with Crippen molar-refractivity contribution in [3.63, 3.8) is 0 Å². The summed E-state index contributed by atoms with van der Waals surface area (Å²) in [6.45, 7) is 4.68. The molecule has 0 aromatic heterocycles. The largest absolute Gasteiger partial charge is 0.497 e. The van der Waals surface area contributed by atoms with Crippen molar-refractivity contribution in [3.05, 3.63) is 89.0 Å². The number of aliphatic imine (C=N–C) groups is 1. The highest BCUT2D eigenvalue weighted by Crippen LogP contribution is 2.50. The molecule has 0 fully saturated rings. The van der Waals surface area contributed by atoms with Gasteiger partial charge in [-0.1, -0.05) is 62.4 Å². The molecule has 0 amide bonds. The van der Waals surface area contributed by atoms with Crippen LogP contribution in [0, 0.1) is 0 Å². The van der Waals surface area contributed by atoms with Gasteiger partial charge in [0.1, 0.15) is 5.75 Å². The van der Waals surface area contributed by atoms with Gasteiger partial charge in [-0.05, 0) is 53.3 Å². The highest BCUT2D eigenvalue weighted by Gasteiger charge is 2.36. The van der Waals surface area contributed by atoms with E-state index < -0.39 is 0 Å². The summed E-state index contributed by atoms with van der Waals surface area (Å²) in [7, 11) is 1.74. The van der Waals surface area contributed by atoms with E-state index in [1.165, 1.54) is 21.6 Å². The number of ether oxygens (including phenoxy) is 1. The Labute approximate surface area is 184 Å². The van der Waals surface area contributed by atoms with Gasteiger partial charge in [-0.25, -0.2) is 0 Å². The first-order chi connectivity index (χ1) is 14.5. The lowest BCUT2D eigenvalue weighted by molar-refractivity contribution is 0.398. The third-order valence-corrected chi connectivity index (χ3v) is 6.96. The molecule has 3 heteroatoms. The zero-order valence-electron chi connectivity index (χ0n) is 18.2. The number of fused-ring (bicyclic) bond motifs is 1. The van der Waals surface area contributed by atoms with Crippen LogP contribution in [0.2, 0.25) is 0 Å². The van der Waals surface area contributed by atoms with Gasteiger partial charge < -0.3 is 4.74 Å². The molecule has 2 nitrogen and oxygen atoms in total. The fourth-order valence-electron chi connectivity index (χ4n) is 4.58. The first kappa shape index (κ1) is 20.7. The topological polar surface area (TPSA) is 21.6 Å². The molecule has 0 bridgehead atoms.